The van der Waals surface area contributed by atoms with Crippen molar-refractivity contribution in [1.29, 1.82) is 0 Å². The number of likely N-dealkylation sites (N-methyl/N-ethyl adjacent to an activating group) is 1. The number of anilines is 1. The molecule has 0 aliphatic heterocycles. The van der Waals surface area contributed by atoms with E-state index in [1.165, 1.54) is 30.2 Å². The maximum Gasteiger partial charge on any atom is 0.269 e. The minimum absolute atomic E-state index is 0.0261. The van der Waals surface area contributed by atoms with Crippen LogP contribution >= 0.6 is 0 Å². The molecule has 1 heterocycles. The van der Waals surface area contributed by atoms with E-state index in [0.717, 1.165) is 16.9 Å². The van der Waals surface area contributed by atoms with Crippen LogP contribution in [0.5, 0.6) is 0 Å². The van der Waals surface area contributed by atoms with E-state index in [9.17, 15) is 19.7 Å². The molecule has 3 rings (SSSR count). The lowest BCUT2D eigenvalue weighted by atomic mass is 9.92. The topological polar surface area (TPSA) is 110 Å². The number of non-ortho nitro benzene ring substituents is 1. The Bertz CT molecular complexity index is 1270. The largest absolute Gasteiger partial charge is 0.333 e. The second-order valence-corrected chi connectivity index (χ2v) is 9.29. The summed E-state index contributed by atoms with van der Waals surface area (Å²) in [5, 5.41) is 18.4. The number of nitro benzene ring substituents is 1. The van der Waals surface area contributed by atoms with Crippen molar-refractivity contribution >= 4 is 29.4 Å². The monoisotopic (exact) mass is 475 g/mol. The van der Waals surface area contributed by atoms with Crippen LogP contribution in [0.1, 0.15) is 37.6 Å². The number of para-hydroxylation sites is 1. The average Bonchev–Trinajstić information content (AvgIpc) is 3.21. The van der Waals surface area contributed by atoms with Gasteiger partial charge in [0, 0.05) is 36.7 Å². The molecule has 0 radical (unpaired) electrons. The minimum atomic E-state index is -0.486. The van der Waals surface area contributed by atoms with Gasteiger partial charge in [0.05, 0.1) is 22.8 Å². The molecule has 9 heteroatoms. The van der Waals surface area contributed by atoms with Gasteiger partial charge in [0.1, 0.15) is 5.82 Å². The Morgan fingerprint density at radius 3 is 2.40 bits per heavy atom. The predicted molar refractivity (Wildman–Crippen MR) is 135 cm³/mol. The molecule has 2 amide bonds. The lowest BCUT2D eigenvalue weighted by molar-refractivity contribution is -0.384. The Morgan fingerprint density at radius 2 is 1.80 bits per heavy atom. The van der Waals surface area contributed by atoms with Crippen LogP contribution in [-0.4, -0.2) is 45.0 Å². The quantitative estimate of drug-likeness (QED) is 0.307. The van der Waals surface area contributed by atoms with Crippen molar-refractivity contribution in [1.82, 2.24) is 14.7 Å². The summed E-state index contributed by atoms with van der Waals surface area (Å²) in [5.41, 5.74) is 3.08. The highest BCUT2D eigenvalue weighted by atomic mass is 16.6. The third-order valence-corrected chi connectivity index (χ3v) is 5.37. The Balaban J connectivity index is 1.71. The Morgan fingerprint density at radius 1 is 1.14 bits per heavy atom. The summed E-state index contributed by atoms with van der Waals surface area (Å²) >= 11 is 0. The van der Waals surface area contributed by atoms with Crippen LogP contribution in [0.25, 0.3) is 11.8 Å². The number of benzene rings is 2. The van der Waals surface area contributed by atoms with E-state index in [-0.39, 0.29) is 29.5 Å². The highest BCUT2D eigenvalue weighted by Gasteiger charge is 2.22. The second kappa shape index (κ2) is 10.3. The zero-order valence-corrected chi connectivity index (χ0v) is 20.5. The van der Waals surface area contributed by atoms with Gasteiger partial charge in [-0.1, -0.05) is 39.0 Å². The lowest BCUT2D eigenvalue weighted by Crippen LogP contribution is -2.34. The van der Waals surface area contributed by atoms with Crippen molar-refractivity contribution in [2.45, 2.75) is 33.1 Å². The first-order chi connectivity index (χ1) is 16.5. The van der Waals surface area contributed by atoms with Crippen molar-refractivity contribution in [2.24, 2.45) is 0 Å². The molecule has 35 heavy (non-hydrogen) atoms. The van der Waals surface area contributed by atoms with Gasteiger partial charge < -0.3 is 10.2 Å². The summed E-state index contributed by atoms with van der Waals surface area (Å²) < 4.78 is 1.71. The van der Waals surface area contributed by atoms with Gasteiger partial charge >= 0.3 is 0 Å². The van der Waals surface area contributed by atoms with E-state index in [4.69, 9.17) is 5.10 Å². The smallest absolute Gasteiger partial charge is 0.269 e. The molecule has 0 aliphatic rings. The number of nitrogens with zero attached hydrogens (tertiary/aromatic N) is 4. The van der Waals surface area contributed by atoms with E-state index in [0.29, 0.717) is 11.4 Å². The van der Waals surface area contributed by atoms with Crippen molar-refractivity contribution in [3.05, 3.63) is 87.6 Å². The second-order valence-electron chi connectivity index (χ2n) is 9.29. The van der Waals surface area contributed by atoms with Gasteiger partial charge in [0.25, 0.3) is 5.69 Å². The molecule has 182 valence electrons. The number of hydrogen-bond acceptors (Lipinski definition) is 5. The molecule has 3 aromatic rings. The van der Waals surface area contributed by atoms with Gasteiger partial charge in [-0.2, -0.15) is 5.10 Å². The number of hydrogen-bond donors (Lipinski definition) is 1. The molecule has 0 spiro atoms. The maximum absolute atomic E-state index is 12.8. The van der Waals surface area contributed by atoms with Gasteiger partial charge in [-0.05, 0) is 42.3 Å². The Hall–Kier alpha value is -4.27. The Kier molecular flexibility index (Phi) is 7.49. The minimum Gasteiger partial charge on any atom is -0.333 e. The fraction of sp³-hybridized carbons (Fsp3) is 0.269. The van der Waals surface area contributed by atoms with E-state index < -0.39 is 4.92 Å². The number of rotatable bonds is 7. The number of nitrogens with one attached hydrogen (secondary N) is 1. The summed E-state index contributed by atoms with van der Waals surface area (Å²) in [5.74, 6) is -0.211. The number of aromatic nitrogens is 2. The van der Waals surface area contributed by atoms with Crippen molar-refractivity contribution in [3.63, 3.8) is 0 Å². The molecule has 0 saturated heterocycles. The zero-order valence-electron chi connectivity index (χ0n) is 20.5. The summed E-state index contributed by atoms with van der Waals surface area (Å²) in [6, 6.07) is 15.4. The van der Waals surface area contributed by atoms with Crippen LogP contribution in [0.15, 0.2) is 60.7 Å². The van der Waals surface area contributed by atoms with Crippen LogP contribution in [-0.2, 0) is 15.0 Å². The number of nitro groups is 1. The zero-order chi connectivity index (χ0) is 25.8. The number of carbonyl (C=O) groups excluding carboxylic acids is 2. The third-order valence-electron chi connectivity index (χ3n) is 5.37. The van der Waals surface area contributed by atoms with E-state index in [1.807, 2.05) is 58.0 Å². The van der Waals surface area contributed by atoms with Gasteiger partial charge in [-0.25, -0.2) is 4.68 Å². The number of aryl methyl sites for hydroxylation is 1. The summed E-state index contributed by atoms with van der Waals surface area (Å²) in [4.78, 5) is 36.8. The third kappa shape index (κ3) is 6.41. The summed E-state index contributed by atoms with van der Waals surface area (Å²) in [6.45, 7) is 7.96. The van der Waals surface area contributed by atoms with Crippen molar-refractivity contribution < 1.29 is 14.5 Å². The van der Waals surface area contributed by atoms with Gasteiger partial charge in [-0.3, -0.25) is 19.7 Å². The molecular weight excluding hydrogens is 446 g/mol. The first-order valence-corrected chi connectivity index (χ1v) is 11.1. The van der Waals surface area contributed by atoms with Crippen LogP contribution in [0.3, 0.4) is 0 Å². The Labute approximate surface area is 204 Å². The normalized spacial score (nSPS) is 11.5. The molecule has 2 aromatic carbocycles. The molecule has 9 nitrogen and oxygen atoms in total. The maximum atomic E-state index is 12.8. The molecular formula is C26H29N5O4. The van der Waals surface area contributed by atoms with Crippen LogP contribution in [0.2, 0.25) is 0 Å². The predicted octanol–water partition coefficient (Wildman–Crippen LogP) is 4.50. The first-order valence-electron chi connectivity index (χ1n) is 11.1. The highest BCUT2D eigenvalue weighted by Crippen LogP contribution is 2.27. The summed E-state index contributed by atoms with van der Waals surface area (Å²) in [7, 11) is 1.53. The van der Waals surface area contributed by atoms with Gasteiger partial charge in [0.15, 0.2) is 0 Å². The van der Waals surface area contributed by atoms with E-state index >= 15 is 0 Å². The van der Waals surface area contributed by atoms with Crippen LogP contribution in [0.4, 0.5) is 11.5 Å². The standard InChI is InChI=1S/C26H29N5O4/c1-18-8-6-7-9-21(18)30-23(16-22(28-30)26(2,3)4)27-24(32)17-29(5)25(33)15-12-19-10-13-20(14-11-19)31(34)35/h6-16H,17H2,1-5H3,(H,27,32)/b15-12+. The molecule has 1 aromatic heterocycles. The molecule has 0 saturated carbocycles. The van der Waals surface area contributed by atoms with Crippen molar-refractivity contribution in [3.8, 4) is 5.69 Å². The van der Waals surface area contributed by atoms with E-state index in [1.54, 1.807) is 22.9 Å². The van der Waals surface area contributed by atoms with Crippen LogP contribution in [0, 0.1) is 17.0 Å². The fourth-order valence-electron chi connectivity index (χ4n) is 3.30. The molecule has 0 aliphatic carbocycles. The SMILES string of the molecule is Cc1ccccc1-n1nc(C(C)(C)C)cc1NC(=O)CN(C)C(=O)/C=C/c1ccc([N+](=O)[O-])cc1. The summed E-state index contributed by atoms with van der Waals surface area (Å²) in [6.07, 6.45) is 2.87. The highest BCUT2D eigenvalue weighted by molar-refractivity contribution is 5.97. The van der Waals surface area contributed by atoms with Crippen LogP contribution < -0.4 is 5.32 Å². The number of amides is 2. The lowest BCUT2D eigenvalue weighted by Gasteiger charge is -2.16. The van der Waals surface area contributed by atoms with E-state index in [2.05, 4.69) is 5.32 Å². The first kappa shape index (κ1) is 25.4. The number of carbonyl (C=O) groups is 2. The van der Waals surface area contributed by atoms with Gasteiger partial charge in [-0.15, -0.1) is 0 Å². The molecule has 0 bridgehead atoms. The fourth-order valence-corrected chi connectivity index (χ4v) is 3.30. The molecule has 0 atom stereocenters. The average molecular weight is 476 g/mol. The van der Waals surface area contributed by atoms with Crippen molar-refractivity contribution in [2.75, 3.05) is 18.9 Å². The molecule has 0 unspecified atom stereocenters. The molecule has 1 N–H and O–H groups in total. The van der Waals surface area contributed by atoms with Gasteiger partial charge in [0.2, 0.25) is 11.8 Å². The molecule has 0 fully saturated rings.